The van der Waals surface area contributed by atoms with Crippen LogP contribution >= 0.6 is 0 Å². The van der Waals surface area contributed by atoms with Crippen LogP contribution in [0.2, 0.25) is 0 Å². The van der Waals surface area contributed by atoms with Crippen molar-refractivity contribution in [2.24, 2.45) is 17.8 Å². The van der Waals surface area contributed by atoms with Crippen LogP contribution in [0.15, 0.2) is 0 Å². The van der Waals surface area contributed by atoms with Crippen LogP contribution in [0.1, 0.15) is 83.5 Å². The summed E-state index contributed by atoms with van der Waals surface area (Å²) in [5.41, 5.74) is 0. The van der Waals surface area contributed by atoms with Gasteiger partial charge in [0.1, 0.15) is 0 Å². The standard InChI is InChI=1S/C21H35NO2/c23-21(24-15-16-8-2-1-3-9-16)14-22-19-12-6-4-10-17(19)18-11-5-7-13-20(18)22/h16-20H,1-15H2. The minimum atomic E-state index is 0.0520. The molecule has 0 aromatic carbocycles. The van der Waals surface area contributed by atoms with Gasteiger partial charge in [-0.05, 0) is 56.3 Å². The molecule has 1 heterocycles. The Hall–Kier alpha value is -0.570. The maximum Gasteiger partial charge on any atom is 0.320 e. The second kappa shape index (κ2) is 7.76. The van der Waals surface area contributed by atoms with E-state index in [1.807, 2.05) is 0 Å². The van der Waals surface area contributed by atoms with Gasteiger partial charge in [-0.1, -0.05) is 44.9 Å². The van der Waals surface area contributed by atoms with Crippen LogP contribution < -0.4 is 0 Å². The summed E-state index contributed by atoms with van der Waals surface area (Å²) >= 11 is 0. The van der Waals surface area contributed by atoms with Gasteiger partial charge in [0.05, 0.1) is 13.2 Å². The van der Waals surface area contributed by atoms with Crippen LogP contribution in [0.25, 0.3) is 0 Å². The number of esters is 1. The molecule has 24 heavy (non-hydrogen) atoms. The first-order valence-electron chi connectivity index (χ1n) is 10.7. The van der Waals surface area contributed by atoms with Crippen molar-refractivity contribution in [3.63, 3.8) is 0 Å². The van der Waals surface area contributed by atoms with Gasteiger partial charge >= 0.3 is 5.97 Å². The number of hydrogen-bond acceptors (Lipinski definition) is 3. The number of fused-ring (bicyclic) bond motifs is 3. The molecule has 3 saturated carbocycles. The fraction of sp³-hybridized carbons (Fsp3) is 0.952. The van der Waals surface area contributed by atoms with Gasteiger partial charge in [0.2, 0.25) is 0 Å². The number of nitrogens with zero attached hydrogens (tertiary/aromatic N) is 1. The zero-order valence-electron chi connectivity index (χ0n) is 15.3. The normalized spacial score (nSPS) is 37.7. The molecule has 136 valence electrons. The molecule has 4 atom stereocenters. The van der Waals surface area contributed by atoms with Crippen molar-refractivity contribution in [1.29, 1.82) is 0 Å². The molecule has 3 heteroatoms. The van der Waals surface area contributed by atoms with Crippen molar-refractivity contribution >= 4 is 5.97 Å². The van der Waals surface area contributed by atoms with E-state index >= 15 is 0 Å². The van der Waals surface area contributed by atoms with Crippen molar-refractivity contribution < 1.29 is 9.53 Å². The second-order valence-corrected chi connectivity index (χ2v) is 8.89. The Kier molecular flexibility index (Phi) is 5.46. The number of carbonyl (C=O) groups is 1. The van der Waals surface area contributed by atoms with Gasteiger partial charge in [-0.25, -0.2) is 0 Å². The fourth-order valence-electron chi connectivity index (χ4n) is 6.34. The molecule has 4 aliphatic rings. The monoisotopic (exact) mass is 333 g/mol. The highest BCUT2D eigenvalue weighted by atomic mass is 16.5. The Balaban J connectivity index is 1.34. The summed E-state index contributed by atoms with van der Waals surface area (Å²) in [6, 6.07) is 1.35. The molecule has 0 bridgehead atoms. The average Bonchev–Trinajstić information content (AvgIpc) is 2.95. The Morgan fingerprint density at radius 3 is 1.92 bits per heavy atom. The zero-order chi connectivity index (χ0) is 16.4. The van der Waals surface area contributed by atoms with Gasteiger partial charge in [-0.2, -0.15) is 0 Å². The first-order chi connectivity index (χ1) is 11.8. The maximum absolute atomic E-state index is 12.5. The topological polar surface area (TPSA) is 29.5 Å². The van der Waals surface area contributed by atoms with Crippen molar-refractivity contribution in [2.75, 3.05) is 13.2 Å². The third-order valence-corrected chi connectivity index (χ3v) is 7.48. The largest absolute Gasteiger partial charge is 0.464 e. The van der Waals surface area contributed by atoms with Gasteiger partial charge in [0.25, 0.3) is 0 Å². The van der Waals surface area contributed by atoms with Crippen LogP contribution in [0, 0.1) is 17.8 Å². The molecule has 3 aliphatic carbocycles. The lowest BCUT2D eigenvalue weighted by atomic mass is 9.73. The van der Waals surface area contributed by atoms with Gasteiger partial charge in [0.15, 0.2) is 0 Å². The van der Waals surface area contributed by atoms with E-state index in [1.165, 1.54) is 83.5 Å². The lowest BCUT2D eigenvalue weighted by Crippen LogP contribution is -2.43. The molecule has 0 aromatic rings. The highest BCUT2D eigenvalue weighted by Gasteiger charge is 2.49. The quantitative estimate of drug-likeness (QED) is 0.707. The van der Waals surface area contributed by atoms with Gasteiger partial charge in [-0.3, -0.25) is 9.69 Å². The van der Waals surface area contributed by atoms with Crippen LogP contribution in [0.5, 0.6) is 0 Å². The number of likely N-dealkylation sites (tertiary alicyclic amines) is 1. The summed E-state index contributed by atoms with van der Waals surface area (Å²) < 4.78 is 5.72. The summed E-state index contributed by atoms with van der Waals surface area (Å²) in [5, 5.41) is 0. The van der Waals surface area contributed by atoms with Crippen LogP contribution in [-0.4, -0.2) is 36.1 Å². The van der Waals surface area contributed by atoms with E-state index in [2.05, 4.69) is 4.90 Å². The van der Waals surface area contributed by atoms with Crippen molar-refractivity contribution in [3.8, 4) is 0 Å². The lowest BCUT2D eigenvalue weighted by molar-refractivity contribution is -0.147. The van der Waals surface area contributed by atoms with Gasteiger partial charge in [0, 0.05) is 12.1 Å². The van der Waals surface area contributed by atoms with Crippen molar-refractivity contribution in [2.45, 2.75) is 95.6 Å². The summed E-state index contributed by atoms with van der Waals surface area (Å²) in [7, 11) is 0. The van der Waals surface area contributed by atoms with Gasteiger partial charge < -0.3 is 4.74 Å². The van der Waals surface area contributed by atoms with E-state index in [9.17, 15) is 4.79 Å². The molecule has 0 N–H and O–H groups in total. The predicted octanol–water partition coefficient (Wildman–Crippen LogP) is 4.54. The molecule has 0 radical (unpaired) electrons. The van der Waals surface area contributed by atoms with E-state index in [0.717, 1.165) is 11.8 Å². The Bertz CT molecular complexity index is 410. The average molecular weight is 334 g/mol. The summed E-state index contributed by atoms with van der Waals surface area (Å²) in [6.07, 6.45) is 17.5. The number of carbonyl (C=O) groups excluding carboxylic acids is 1. The zero-order valence-corrected chi connectivity index (χ0v) is 15.3. The minimum absolute atomic E-state index is 0.0520. The molecule has 1 saturated heterocycles. The first kappa shape index (κ1) is 16.9. The van der Waals surface area contributed by atoms with E-state index in [4.69, 9.17) is 4.74 Å². The molecule has 4 rings (SSSR count). The Labute approximate surface area is 147 Å². The molecule has 4 unspecified atom stereocenters. The number of ether oxygens (including phenoxy) is 1. The lowest BCUT2D eigenvalue weighted by Gasteiger charge is -2.33. The predicted molar refractivity (Wildman–Crippen MR) is 95.7 cm³/mol. The molecule has 0 aromatic heterocycles. The maximum atomic E-state index is 12.5. The highest BCUT2D eigenvalue weighted by molar-refractivity contribution is 5.71. The number of rotatable bonds is 4. The molecular weight excluding hydrogens is 298 g/mol. The number of hydrogen-bond donors (Lipinski definition) is 0. The summed E-state index contributed by atoms with van der Waals surface area (Å²) in [6.45, 7) is 1.24. The molecule has 4 fully saturated rings. The van der Waals surface area contributed by atoms with Gasteiger partial charge in [-0.15, -0.1) is 0 Å². The summed E-state index contributed by atoms with van der Waals surface area (Å²) in [5.74, 6) is 2.42. The Morgan fingerprint density at radius 1 is 0.750 bits per heavy atom. The molecule has 3 nitrogen and oxygen atoms in total. The highest BCUT2D eigenvalue weighted by Crippen LogP contribution is 2.48. The SMILES string of the molecule is O=C(CN1C2CCCCC2C2CCCCC21)OCC1CCCCC1. The van der Waals surface area contributed by atoms with E-state index in [-0.39, 0.29) is 5.97 Å². The smallest absolute Gasteiger partial charge is 0.320 e. The van der Waals surface area contributed by atoms with Crippen LogP contribution in [0.4, 0.5) is 0 Å². The van der Waals surface area contributed by atoms with Crippen molar-refractivity contribution in [1.82, 2.24) is 4.90 Å². The van der Waals surface area contributed by atoms with E-state index in [0.29, 0.717) is 31.2 Å². The molecule has 0 spiro atoms. The van der Waals surface area contributed by atoms with E-state index in [1.54, 1.807) is 0 Å². The first-order valence-corrected chi connectivity index (χ1v) is 10.7. The summed E-state index contributed by atoms with van der Waals surface area (Å²) in [4.78, 5) is 15.1. The van der Waals surface area contributed by atoms with Crippen LogP contribution in [0.3, 0.4) is 0 Å². The third-order valence-electron chi connectivity index (χ3n) is 7.48. The molecule has 1 aliphatic heterocycles. The fourth-order valence-corrected chi connectivity index (χ4v) is 6.34. The second-order valence-electron chi connectivity index (χ2n) is 8.89. The van der Waals surface area contributed by atoms with E-state index < -0.39 is 0 Å². The molecule has 0 amide bonds. The minimum Gasteiger partial charge on any atom is -0.464 e. The molecular formula is C21H35NO2. The van der Waals surface area contributed by atoms with Crippen LogP contribution in [-0.2, 0) is 9.53 Å². The Morgan fingerprint density at radius 2 is 1.29 bits per heavy atom. The van der Waals surface area contributed by atoms with Crippen molar-refractivity contribution in [3.05, 3.63) is 0 Å². The third kappa shape index (κ3) is 3.52.